The molecule has 0 radical (unpaired) electrons. The van der Waals surface area contributed by atoms with Crippen molar-refractivity contribution in [1.29, 1.82) is 0 Å². The molecule has 6 heteroatoms. The summed E-state index contributed by atoms with van der Waals surface area (Å²) in [7, 11) is 0. The minimum Gasteiger partial charge on any atom is -0.462 e. The third kappa shape index (κ3) is 51.1. The van der Waals surface area contributed by atoms with Crippen LogP contribution in [0.15, 0.2) is 109 Å². The molecule has 0 rings (SSSR count). The molecule has 0 fully saturated rings. The van der Waals surface area contributed by atoms with Gasteiger partial charge in [0, 0.05) is 19.3 Å². The van der Waals surface area contributed by atoms with Gasteiger partial charge in [0.25, 0.3) is 0 Å². The maximum absolute atomic E-state index is 12.8. The quantitative estimate of drug-likeness (QED) is 0.0262. The van der Waals surface area contributed by atoms with Gasteiger partial charge in [-0.05, 0) is 122 Å². The fourth-order valence-electron chi connectivity index (χ4n) is 6.89. The Morgan fingerprint density at radius 1 is 0.303 bits per heavy atom. The van der Waals surface area contributed by atoms with E-state index in [4.69, 9.17) is 14.2 Å². The van der Waals surface area contributed by atoms with Crippen molar-refractivity contribution >= 4 is 17.9 Å². The second-order valence-corrected chi connectivity index (χ2v) is 17.4. The molecule has 0 spiro atoms. The summed E-state index contributed by atoms with van der Waals surface area (Å²) in [5, 5.41) is 0. The largest absolute Gasteiger partial charge is 0.462 e. The SMILES string of the molecule is CCCCC/C=C/C/C=C/C/C=C/C/C=C/CCCC(=O)OC[C@@H](COC(=O)CCCCCCC/C=C/CCCCCCC)OC(=O)CCC/C=C/C/C=C/C/C=C/C/C=C/CCCCC. The van der Waals surface area contributed by atoms with E-state index in [0.29, 0.717) is 19.3 Å². The maximum atomic E-state index is 12.8. The van der Waals surface area contributed by atoms with Crippen molar-refractivity contribution < 1.29 is 28.6 Å². The molecule has 0 unspecified atom stereocenters. The summed E-state index contributed by atoms with van der Waals surface area (Å²) in [5.74, 6) is -1.05. The Balaban J connectivity index is 4.59. The van der Waals surface area contributed by atoms with Crippen LogP contribution >= 0.6 is 0 Å². The number of ether oxygens (including phenoxy) is 3. The van der Waals surface area contributed by atoms with Crippen LogP contribution in [0, 0.1) is 0 Å². The molecule has 6 nitrogen and oxygen atoms in total. The van der Waals surface area contributed by atoms with Crippen LogP contribution in [0.1, 0.15) is 233 Å². The number of unbranched alkanes of at least 4 members (excludes halogenated alkanes) is 18. The summed E-state index contributed by atoms with van der Waals surface area (Å²) in [6.45, 7) is 6.46. The first-order chi connectivity index (χ1) is 32.5. The van der Waals surface area contributed by atoms with Gasteiger partial charge in [0.05, 0.1) is 0 Å². The highest BCUT2D eigenvalue weighted by molar-refractivity contribution is 5.71. The molecule has 66 heavy (non-hydrogen) atoms. The Labute approximate surface area is 406 Å². The van der Waals surface area contributed by atoms with Gasteiger partial charge in [-0.1, -0.05) is 201 Å². The standard InChI is InChI=1S/C60H98O6/c1-4-7-10-13-16-19-22-25-28-30-32-35-38-41-44-47-50-53-59(62)65-56-57(55-64-58(61)52-49-46-43-40-37-34-27-24-21-18-15-12-9-6-3)66-60(63)54-51-48-45-42-39-36-33-31-29-26-23-20-17-14-11-8-5-2/h16-17,19-20,24-29,32-33,35-36,41-42,44-45,57H,4-15,18,21-23,30-31,34,37-40,43,46-56H2,1-3H3/b19-16+,20-17+,27-24+,28-25+,29-26+,35-32+,36-33+,44-41+,45-42+/t57-/m1/s1. The molecule has 0 aliphatic heterocycles. The van der Waals surface area contributed by atoms with Gasteiger partial charge in [-0.2, -0.15) is 0 Å². The monoisotopic (exact) mass is 915 g/mol. The number of carbonyl (C=O) groups excluding carboxylic acids is 3. The highest BCUT2D eigenvalue weighted by atomic mass is 16.6. The van der Waals surface area contributed by atoms with Crippen molar-refractivity contribution in [2.24, 2.45) is 0 Å². The van der Waals surface area contributed by atoms with Gasteiger partial charge < -0.3 is 14.2 Å². The molecule has 0 aliphatic rings. The molecule has 0 saturated carbocycles. The van der Waals surface area contributed by atoms with E-state index >= 15 is 0 Å². The molecule has 0 heterocycles. The molecule has 0 amide bonds. The van der Waals surface area contributed by atoms with Crippen molar-refractivity contribution in [3.8, 4) is 0 Å². The van der Waals surface area contributed by atoms with Crippen LogP contribution in [-0.4, -0.2) is 37.2 Å². The Kier molecular flexibility index (Phi) is 50.5. The highest BCUT2D eigenvalue weighted by Gasteiger charge is 2.19. The second-order valence-electron chi connectivity index (χ2n) is 17.4. The summed E-state index contributed by atoms with van der Waals surface area (Å²) in [5.41, 5.74) is 0. The van der Waals surface area contributed by atoms with Crippen LogP contribution in [-0.2, 0) is 28.6 Å². The number of allylic oxidation sites excluding steroid dienone is 18. The molecule has 0 saturated heterocycles. The zero-order chi connectivity index (χ0) is 47.9. The Morgan fingerprint density at radius 2 is 0.561 bits per heavy atom. The maximum Gasteiger partial charge on any atom is 0.306 e. The molecule has 0 aromatic rings. The van der Waals surface area contributed by atoms with Gasteiger partial charge in [-0.15, -0.1) is 0 Å². The van der Waals surface area contributed by atoms with Gasteiger partial charge in [0.2, 0.25) is 0 Å². The lowest BCUT2D eigenvalue weighted by molar-refractivity contribution is -0.167. The van der Waals surface area contributed by atoms with Crippen molar-refractivity contribution in [2.75, 3.05) is 13.2 Å². The van der Waals surface area contributed by atoms with Crippen molar-refractivity contribution in [1.82, 2.24) is 0 Å². The lowest BCUT2D eigenvalue weighted by atomic mass is 10.1. The predicted octanol–water partition coefficient (Wildman–Crippen LogP) is 17.9. The number of rotatable bonds is 47. The molecular formula is C60H98O6. The highest BCUT2D eigenvalue weighted by Crippen LogP contribution is 2.12. The Hall–Kier alpha value is -3.93. The van der Waals surface area contributed by atoms with Crippen molar-refractivity contribution in [3.05, 3.63) is 109 Å². The van der Waals surface area contributed by atoms with Gasteiger partial charge >= 0.3 is 17.9 Å². The summed E-state index contributed by atoms with van der Waals surface area (Å²) < 4.78 is 16.7. The molecule has 0 bridgehead atoms. The third-order valence-corrected chi connectivity index (χ3v) is 11.0. The summed E-state index contributed by atoms with van der Waals surface area (Å²) >= 11 is 0. The molecule has 0 aliphatic carbocycles. The Bertz CT molecular complexity index is 1370. The van der Waals surface area contributed by atoms with Crippen LogP contribution in [0.25, 0.3) is 0 Å². The fraction of sp³-hybridized carbons (Fsp3) is 0.650. The lowest BCUT2D eigenvalue weighted by Crippen LogP contribution is -2.30. The fourth-order valence-corrected chi connectivity index (χ4v) is 6.89. The van der Waals surface area contributed by atoms with Gasteiger partial charge in [0.15, 0.2) is 6.10 Å². The van der Waals surface area contributed by atoms with Crippen molar-refractivity contribution in [3.63, 3.8) is 0 Å². The minimum absolute atomic E-state index is 0.123. The minimum atomic E-state index is -0.833. The first-order valence-corrected chi connectivity index (χ1v) is 26.9. The summed E-state index contributed by atoms with van der Waals surface area (Å²) in [4.78, 5) is 38.0. The van der Waals surface area contributed by atoms with E-state index in [2.05, 4.69) is 130 Å². The van der Waals surface area contributed by atoms with E-state index in [9.17, 15) is 14.4 Å². The van der Waals surface area contributed by atoms with Gasteiger partial charge in [0.1, 0.15) is 13.2 Å². The normalized spacial score (nSPS) is 13.0. The smallest absolute Gasteiger partial charge is 0.306 e. The molecule has 1 atom stereocenters. The topological polar surface area (TPSA) is 78.9 Å². The van der Waals surface area contributed by atoms with Crippen LogP contribution in [0.4, 0.5) is 0 Å². The summed E-state index contributed by atoms with van der Waals surface area (Å²) in [6, 6.07) is 0. The molecule has 0 aromatic heterocycles. The number of carbonyl (C=O) groups is 3. The third-order valence-electron chi connectivity index (χ3n) is 11.0. The van der Waals surface area contributed by atoms with E-state index < -0.39 is 6.10 Å². The lowest BCUT2D eigenvalue weighted by Gasteiger charge is -2.18. The summed E-state index contributed by atoms with van der Waals surface area (Å²) in [6.07, 6.45) is 72.2. The Morgan fingerprint density at radius 3 is 0.955 bits per heavy atom. The van der Waals surface area contributed by atoms with Gasteiger partial charge in [-0.25, -0.2) is 0 Å². The number of hydrogen-bond donors (Lipinski definition) is 0. The van der Waals surface area contributed by atoms with Crippen LogP contribution in [0.2, 0.25) is 0 Å². The molecule has 0 aromatic carbocycles. The zero-order valence-electron chi connectivity index (χ0n) is 42.7. The average molecular weight is 915 g/mol. The van der Waals surface area contributed by atoms with Crippen molar-refractivity contribution in [2.45, 2.75) is 239 Å². The van der Waals surface area contributed by atoms with E-state index in [1.807, 2.05) is 0 Å². The van der Waals surface area contributed by atoms with E-state index in [-0.39, 0.29) is 44.0 Å². The molecule has 374 valence electrons. The number of esters is 3. The van der Waals surface area contributed by atoms with Crippen LogP contribution in [0.3, 0.4) is 0 Å². The first-order valence-electron chi connectivity index (χ1n) is 26.9. The second kappa shape index (κ2) is 53.7. The first kappa shape index (κ1) is 62.1. The van der Waals surface area contributed by atoms with E-state index in [1.165, 1.54) is 96.3 Å². The molecule has 0 N–H and O–H groups in total. The van der Waals surface area contributed by atoms with Crippen LogP contribution in [0.5, 0.6) is 0 Å². The van der Waals surface area contributed by atoms with Crippen LogP contribution < -0.4 is 0 Å². The number of hydrogen-bond acceptors (Lipinski definition) is 6. The zero-order valence-corrected chi connectivity index (χ0v) is 42.7. The molecular weight excluding hydrogens is 817 g/mol. The van der Waals surface area contributed by atoms with Gasteiger partial charge in [-0.3, -0.25) is 14.4 Å². The average Bonchev–Trinajstić information content (AvgIpc) is 3.31. The van der Waals surface area contributed by atoms with E-state index in [0.717, 1.165) is 83.5 Å². The van der Waals surface area contributed by atoms with E-state index in [1.54, 1.807) is 0 Å². The predicted molar refractivity (Wildman–Crippen MR) is 283 cm³/mol.